The predicted octanol–water partition coefficient (Wildman–Crippen LogP) is 5.12. The Labute approximate surface area is 121 Å². The number of hydrogen-bond acceptors (Lipinski definition) is 1. The summed E-state index contributed by atoms with van der Waals surface area (Å²) in [4.78, 5) is 0. The van der Waals surface area contributed by atoms with E-state index >= 15 is 0 Å². The largest absolute Gasteiger partial charge is 0.496 e. The Hall–Kier alpha value is -1.25. The standard InChI is InChI=1S/C15H13Cl2FO/c1-9-7-10(3-6-14(9)19-2)15(17)12-8-11(16)4-5-13(12)18/h3-8,15H,1-2H3. The van der Waals surface area contributed by atoms with Crippen molar-refractivity contribution < 1.29 is 9.13 Å². The molecule has 0 aliphatic carbocycles. The Bertz CT molecular complexity index is 599. The highest BCUT2D eigenvalue weighted by molar-refractivity contribution is 6.30. The maximum atomic E-state index is 13.8. The van der Waals surface area contributed by atoms with Crippen LogP contribution >= 0.6 is 23.2 Å². The molecule has 0 saturated carbocycles. The van der Waals surface area contributed by atoms with E-state index in [-0.39, 0.29) is 5.82 Å². The summed E-state index contributed by atoms with van der Waals surface area (Å²) in [6.45, 7) is 1.92. The lowest BCUT2D eigenvalue weighted by Crippen LogP contribution is -1.98. The van der Waals surface area contributed by atoms with Crippen LogP contribution in [0.15, 0.2) is 36.4 Å². The number of benzene rings is 2. The van der Waals surface area contributed by atoms with Gasteiger partial charge in [-0.2, -0.15) is 0 Å². The van der Waals surface area contributed by atoms with Gasteiger partial charge in [-0.25, -0.2) is 4.39 Å². The van der Waals surface area contributed by atoms with Gasteiger partial charge in [-0.3, -0.25) is 0 Å². The quantitative estimate of drug-likeness (QED) is 0.714. The van der Waals surface area contributed by atoms with Crippen LogP contribution in [0.5, 0.6) is 5.75 Å². The molecule has 0 fully saturated rings. The first kappa shape index (κ1) is 14.2. The first-order valence-corrected chi connectivity index (χ1v) is 6.58. The van der Waals surface area contributed by atoms with Crippen molar-refractivity contribution >= 4 is 23.2 Å². The molecule has 4 heteroatoms. The summed E-state index contributed by atoms with van der Waals surface area (Å²) in [5.74, 6) is 0.414. The maximum absolute atomic E-state index is 13.8. The second kappa shape index (κ2) is 5.81. The van der Waals surface area contributed by atoms with Gasteiger partial charge in [-0.1, -0.05) is 23.7 Å². The summed E-state index contributed by atoms with van der Waals surface area (Å²) < 4.78 is 19.0. The van der Waals surface area contributed by atoms with Crippen molar-refractivity contribution in [2.24, 2.45) is 0 Å². The first-order valence-electron chi connectivity index (χ1n) is 5.76. The Balaban J connectivity index is 2.41. The monoisotopic (exact) mass is 298 g/mol. The van der Waals surface area contributed by atoms with Crippen LogP contribution in [0.3, 0.4) is 0 Å². The minimum atomic E-state index is -0.580. The van der Waals surface area contributed by atoms with Crippen LogP contribution < -0.4 is 4.74 Å². The Morgan fingerprint density at radius 1 is 1.16 bits per heavy atom. The molecule has 2 aromatic rings. The highest BCUT2D eigenvalue weighted by Gasteiger charge is 2.16. The minimum absolute atomic E-state index is 0.363. The van der Waals surface area contributed by atoms with E-state index in [4.69, 9.17) is 27.9 Å². The normalized spacial score (nSPS) is 12.3. The predicted molar refractivity (Wildman–Crippen MR) is 76.8 cm³/mol. The van der Waals surface area contributed by atoms with Gasteiger partial charge in [-0.15, -0.1) is 11.6 Å². The van der Waals surface area contributed by atoms with E-state index in [9.17, 15) is 4.39 Å². The Morgan fingerprint density at radius 2 is 1.89 bits per heavy atom. The molecule has 2 aromatic carbocycles. The van der Waals surface area contributed by atoms with Crippen LogP contribution in [0.1, 0.15) is 22.1 Å². The fourth-order valence-electron chi connectivity index (χ4n) is 1.95. The van der Waals surface area contributed by atoms with Crippen LogP contribution in [0.25, 0.3) is 0 Å². The highest BCUT2D eigenvalue weighted by atomic mass is 35.5. The summed E-state index contributed by atoms with van der Waals surface area (Å²) in [5, 5.41) is -0.115. The first-order chi connectivity index (χ1) is 9.02. The van der Waals surface area contributed by atoms with E-state index < -0.39 is 5.38 Å². The third kappa shape index (κ3) is 3.02. The molecule has 1 atom stereocenters. The Morgan fingerprint density at radius 3 is 2.53 bits per heavy atom. The summed E-state index contributed by atoms with van der Waals surface area (Å²) in [5.41, 5.74) is 2.13. The van der Waals surface area contributed by atoms with Crippen molar-refractivity contribution in [2.45, 2.75) is 12.3 Å². The molecular weight excluding hydrogens is 286 g/mol. The second-order valence-corrected chi connectivity index (χ2v) is 5.13. The van der Waals surface area contributed by atoms with E-state index in [1.807, 2.05) is 25.1 Å². The van der Waals surface area contributed by atoms with Crippen molar-refractivity contribution in [3.63, 3.8) is 0 Å². The van der Waals surface area contributed by atoms with Gasteiger partial charge >= 0.3 is 0 Å². The molecule has 0 aliphatic heterocycles. The van der Waals surface area contributed by atoms with Crippen molar-refractivity contribution in [1.82, 2.24) is 0 Å². The van der Waals surface area contributed by atoms with Gasteiger partial charge in [0.1, 0.15) is 11.6 Å². The molecule has 0 N–H and O–H groups in total. The summed E-state index contributed by atoms with van der Waals surface area (Å²) in [7, 11) is 1.61. The van der Waals surface area contributed by atoms with Gasteiger partial charge in [0.15, 0.2) is 0 Å². The number of rotatable bonds is 3. The summed E-state index contributed by atoms with van der Waals surface area (Å²) in [6, 6.07) is 9.91. The molecule has 0 spiro atoms. The van der Waals surface area contributed by atoms with Crippen LogP contribution in [-0.2, 0) is 0 Å². The average Bonchev–Trinajstić information content (AvgIpc) is 2.40. The van der Waals surface area contributed by atoms with E-state index in [1.165, 1.54) is 12.1 Å². The number of ether oxygens (including phenoxy) is 1. The van der Waals surface area contributed by atoms with Gasteiger partial charge in [0.2, 0.25) is 0 Å². The molecule has 100 valence electrons. The molecule has 0 saturated heterocycles. The average molecular weight is 299 g/mol. The van der Waals surface area contributed by atoms with Crippen molar-refractivity contribution in [1.29, 1.82) is 0 Å². The van der Waals surface area contributed by atoms with Gasteiger partial charge in [0, 0.05) is 10.6 Å². The van der Waals surface area contributed by atoms with E-state index in [0.29, 0.717) is 10.6 Å². The van der Waals surface area contributed by atoms with E-state index in [1.54, 1.807) is 13.2 Å². The second-order valence-electron chi connectivity index (χ2n) is 4.26. The molecule has 0 aromatic heterocycles. The fourth-order valence-corrected chi connectivity index (χ4v) is 2.43. The summed E-state index contributed by atoms with van der Waals surface area (Å²) in [6.07, 6.45) is 0. The maximum Gasteiger partial charge on any atom is 0.128 e. The molecule has 1 unspecified atom stereocenters. The van der Waals surface area contributed by atoms with E-state index in [2.05, 4.69) is 0 Å². The SMILES string of the molecule is COc1ccc(C(Cl)c2cc(Cl)ccc2F)cc1C. The van der Waals surface area contributed by atoms with Gasteiger partial charge in [0.05, 0.1) is 12.5 Å². The van der Waals surface area contributed by atoms with Gasteiger partial charge < -0.3 is 4.74 Å². The number of hydrogen-bond donors (Lipinski definition) is 0. The van der Waals surface area contributed by atoms with Gasteiger partial charge in [0.25, 0.3) is 0 Å². The summed E-state index contributed by atoms with van der Waals surface area (Å²) >= 11 is 12.2. The number of halogens is 3. The fraction of sp³-hybridized carbons (Fsp3) is 0.200. The lowest BCUT2D eigenvalue weighted by molar-refractivity contribution is 0.411. The zero-order valence-electron chi connectivity index (χ0n) is 10.6. The molecule has 0 aliphatic rings. The van der Waals surface area contributed by atoms with Gasteiger partial charge in [-0.05, 0) is 42.3 Å². The third-order valence-corrected chi connectivity index (χ3v) is 3.66. The van der Waals surface area contributed by atoms with Crippen molar-refractivity contribution in [3.8, 4) is 5.75 Å². The molecule has 0 radical (unpaired) electrons. The smallest absolute Gasteiger partial charge is 0.128 e. The molecule has 19 heavy (non-hydrogen) atoms. The molecule has 0 bridgehead atoms. The molecule has 1 nitrogen and oxygen atoms in total. The van der Waals surface area contributed by atoms with Crippen LogP contribution in [0.2, 0.25) is 5.02 Å². The molecule has 0 amide bonds. The van der Waals surface area contributed by atoms with E-state index in [0.717, 1.165) is 16.9 Å². The highest BCUT2D eigenvalue weighted by Crippen LogP contribution is 2.34. The van der Waals surface area contributed by atoms with Crippen molar-refractivity contribution in [2.75, 3.05) is 7.11 Å². The Kier molecular flexibility index (Phi) is 4.33. The van der Waals surface area contributed by atoms with Crippen LogP contribution in [-0.4, -0.2) is 7.11 Å². The minimum Gasteiger partial charge on any atom is -0.496 e. The lowest BCUT2D eigenvalue weighted by Gasteiger charge is -2.14. The third-order valence-electron chi connectivity index (χ3n) is 2.94. The topological polar surface area (TPSA) is 9.23 Å². The van der Waals surface area contributed by atoms with Crippen LogP contribution in [0, 0.1) is 12.7 Å². The molecule has 2 rings (SSSR count). The number of alkyl halides is 1. The molecular formula is C15H13Cl2FO. The zero-order valence-corrected chi connectivity index (χ0v) is 12.1. The number of aryl methyl sites for hydroxylation is 1. The van der Waals surface area contributed by atoms with Crippen molar-refractivity contribution in [3.05, 3.63) is 63.9 Å². The van der Waals surface area contributed by atoms with Crippen LogP contribution in [0.4, 0.5) is 4.39 Å². The number of methoxy groups -OCH3 is 1. The molecule has 0 heterocycles. The lowest BCUT2D eigenvalue weighted by atomic mass is 10.0. The zero-order chi connectivity index (χ0) is 14.0.